The third kappa shape index (κ3) is 2.70. The summed E-state index contributed by atoms with van der Waals surface area (Å²) in [4.78, 5) is 17.2. The van der Waals surface area contributed by atoms with Crippen LogP contribution in [0.25, 0.3) is 0 Å². The van der Waals surface area contributed by atoms with Gasteiger partial charge in [-0.05, 0) is 12.1 Å². The van der Waals surface area contributed by atoms with Crippen molar-refractivity contribution in [2.24, 2.45) is 0 Å². The van der Waals surface area contributed by atoms with E-state index in [2.05, 4.69) is 15.2 Å². The topological polar surface area (TPSA) is 54.5 Å². The molecular formula is C11H15N3O2. The van der Waals surface area contributed by atoms with Crippen molar-refractivity contribution in [1.29, 1.82) is 0 Å². The second-order valence-corrected chi connectivity index (χ2v) is 3.68. The molecular weight excluding hydrogens is 206 g/mol. The monoisotopic (exact) mass is 221 g/mol. The van der Waals surface area contributed by atoms with Gasteiger partial charge in [-0.3, -0.25) is 4.79 Å². The predicted molar refractivity (Wildman–Crippen MR) is 61.6 cm³/mol. The van der Waals surface area contributed by atoms with Gasteiger partial charge in [-0.15, -0.1) is 0 Å². The minimum Gasteiger partial charge on any atom is -0.378 e. The number of morpholine rings is 1. The van der Waals surface area contributed by atoms with Crippen LogP contribution in [0.3, 0.4) is 0 Å². The summed E-state index contributed by atoms with van der Waals surface area (Å²) in [5, 5.41) is 2.64. The zero-order valence-corrected chi connectivity index (χ0v) is 9.27. The Hall–Kier alpha value is -1.62. The second kappa shape index (κ2) is 4.94. The first-order valence-electron chi connectivity index (χ1n) is 5.32. The van der Waals surface area contributed by atoms with Crippen molar-refractivity contribution in [2.75, 3.05) is 36.5 Å². The van der Waals surface area contributed by atoms with Crippen molar-refractivity contribution in [3.05, 3.63) is 18.3 Å². The van der Waals surface area contributed by atoms with E-state index in [4.69, 9.17) is 4.74 Å². The van der Waals surface area contributed by atoms with Gasteiger partial charge in [-0.2, -0.15) is 0 Å². The summed E-state index contributed by atoms with van der Waals surface area (Å²) in [5.74, 6) is 0.483. The van der Waals surface area contributed by atoms with Gasteiger partial charge < -0.3 is 15.0 Å². The van der Waals surface area contributed by atoms with Crippen LogP contribution in [0.4, 0.5) is 11.5 Å². The number of carbonyl (C=O) groups excluding carboxylic acids is 1. The molecule has 1 aliphatic rings. The first kappa shape index (κ1) is 10.9. The van der Waals surface area contributed by atoms with Crippen molar-refractivity contribution < 1.29 is 9.53 Å². The minimum atomic E-state index is -0.105. The van der Waals surface area contributed by atoms with E-state index in [1.165, 1.54) is 6.92 Å². The molecule has 0 atom stereocenters. The zero-order valence-electron chi connectivity index (χ0n) is 9.27. The van der Waals surface area contributed by atoms with Crippen LogP contribution in [-0.2, 0) is 9.53 Å². The Morgan fingerprint density at radius 3 is 2.75 bits per heavy atom. The molecule has 5 heteroatoms. The molecule has 0 spiro atoms. The molecule has 2 heterocycles. The van der Waals surface area contributed by atoms with Gasteiger partial charge in [0, 0.05) is 20.0 Å². The summed E-state index contributed by atoms with van der Waals surface area (Å²) in [7, 11) is 0. The van der Waals surface area contributed by atoms with E-state index < -0.39 is 0 Å². The molecule has 1 saturated heterocycles. The van der Waals surface area contributed by atoms with Crippen LogP contribution < -0.4 is 10.2 Å². The number of nitrogens with one attached hydrogen (secondary N) is 1. The van der Waals surface area contributed by atoms with E-state index in [-0.39, 0.29) is 5.91 Å². The fraction of sp³-hybridized carbons (Fsp3) is 0.455. The summed E-state index contributed by atoms with van der Waals surface area (Å²) < 4.78 is 5.28. The molecule has 1 fully saturated rings. The maximum atomic E-state index is 10.8. The molecule has 0 radical (unpaired) electrons. The number of pyridine rings is 1. The molecule has 0 aromatic carbocycles. The number of hydrogen-bond acceptors (Lipinski definition) is 4. The standard InChI is InChI=1S/C11H15N3O2/c1-9(15)13-11-3-2-10(8-12-11)14-4-6-16-7-5-14/h2-3,8H,4-7H2,1H3,(H,12,13,15). The van der Waals surface area contributed by atoms with Crippen LogP contribution in [0.15, 0.2) is 18.3 Å². The Bertz CT molecular complexity index is 358. The van der Waals surface area contributed by atoms with E-state index in [1.54, 1.807) is 6.20 Å². The van der Waals surface area contributed by atoms with Crippen LogP contribution in [0.5, 0.6) is 0 Å². The molecule has 1 aliphatic heterocycles. The first-order valence-corrected chi connectivity index (χ1v) is 5.32. The maximum Gasteiger partial charge on any atom is 0.222 e. The highest BCUT2D eigenvalue weighted by atomic mass is 16.5. The second-order valence-electron chi connectivity index (χ2n) is 3.68. The number of nitrogens with zero attached hydrogens (tertiary/aromatic N) is 2. The quantitative estimate of drug-likeness (QED) is 0.805. The zero-order chi connectivity index (χ0) is 11.4. The van der Waals surface area contributed by atoms with E-state index in [1.807, 2.05) is 12.1 Å². The number of carbonyl (C=O) groups is 1. The molecule has 86 valence electrons. The molecule has 1 N–H and O–H groups in total. The highest BCUT2D eigenvalue weighted by Gasteiger charge is 2.11. The molecule has 0 aliphatic carbocycles. The number of ether oxygens (including phenoxy) is 1. The fourth-order valence-corrected chi connectivity index (χ4v) is 1.65. The average molecular weight is 221 g/mol. The summed E-state index contributed by atoms with van der Waals surface area (Å²) in [6.45, 7) is 4.76. The lowest BCUT2D eigenvalue weighted by Crippen LogP contribution is -2.36. The normalized spacial score (nSPS) is 15.9. The van der Waals surface area contributed by atoms with Crippen LogP contribution in [0.2, 0.25) is 0 Å². The van der Waals surface area contributed by atoms with Gasteiger partial charge >= 0.3 is 0 Å². The van der Waals surface area contributed by atoms with Crippen molar-refractivity contribution in [2.45, 2.75) is 6.92 Å². The lowest BCUT2D eigenvalue weighted by molar-refractivity contribution is -0.114. The van der Waals surface area contributed by atoms with Crippen molar-refractivity contribution in [3.63, 3.8) is 0 Å². The Labute approximate surface area is 94.4 Å². The molecule has 0 saturated carbocycles. The van der Waals surface area contributed by atoms with Crippen LogP contribution in [-0.4, -0.2) is 37.2 Å². The van der Waals surface area contributed by atoms with Crippen molar-refractivity contribution in [3.8, 4) is 0 Å². The largest absolute Gasteiger partial charge is 0.378 e. The summed E-state index contributed by atoms with van der Waals surface area (Å²) in [6.07, 6.45) is 1.77. The number of hydrogen-bond donors (Lipinski definition) is 1. The van der Waals surface area contributed by atoms with Crippen LogP contribution >= 0.6 is 0 Å². The number of amides is 1. The maximum absolute atomic E-state index is 10.8. The first-order chi connectivity index (χ1) is 7.75. The Morgan fingerprint density at radius 2 is 2.19 bits per heavy atom. The molecule has 0 unspecified atom stereocenters. The van der Waals surface area contributed by atoms with Gasteiger partial charge in [0.05, 0.1) is 25.1 Å². The fourth-order valence-electron chi connectivity index (χ4n) is 1.65. The number of aromatic nitrogens is 1. The third-order valence-electron chi connectivity index (χ3n) is 2.43. The molecule has 5 nitrogen and oxygen atoms in total. The molecule has 16 heavy (non-hydrogen) atoms. The van der Waals surface area contributed by atoms with Crippen molar-refractivity contribution in [1.82, 2.24) is 4.98 Å². The predicted octanol–water partition coefficient (Wildman–Crippen LogP) is 0.877. The van der Waals surface area contributed by atoms with Crippen LogP contribution in [0.1, 0.15) is 6.92 Å². The molecule has 1 aromatic heterocycles. The summed E-state index contributed by atoms with van der Waals surface area (Å²) >= 11 is 0. The SMILES string of the molecule is CC(=O)Nc1ccc(N2CCOCC2)cn1. The molecule has 0 bridgehead atoms. The molecule has 2 rings (SSSR count). The number of anilines is 2. The van der Waals surface area contributed by atoms with E-state index in [0.29, 0.717) is 5.82 Å². The average Bonchev–Trinajstić information content (AvgIpc) is 2.30. The van der Waals surface area contributed by atoms with Crippen molar-refractivity contribution >= 4 is 17.4 Å². The molecule has 1 aromatic rings. The lowest BCUT2D eigenvalue weighted by atomic mass is 10.3. The van der Waals surface area contributed by atoms with E-state index in [9.17, 15) is 4.79 Å². The Kier molecular flexibility index (Phi) is 3.36. The van der Waals surface area contributed by atoms with Gasteiger partial charge in [0.15, 0.2) is 0 Å². The van der Waals surface area contributed by atoms with Crippen LogP contribution in [0, 0.1) is 0 Å². The molecule has 1 amide bonds. The van der Waals surface area contributed by atoms with E-state index in [0.717, 1.165) is 32.0 Å². The highest BCUT2D eigenvalue weighted by molar-refractivity contribution is 5.87. The summed E-state index contributed by atoms with van der Waals surface area (Å²) in [6, 6.07) is 3.77. The Morgan fingerprint density at radius 1 is 1.44 bits per heavy atom. The minimum absolute atomic E-state index is 0.105. The third-order valence-corrected chi connectivity index (χ3v) is 2.43. The van der Waals surface area contributed by atoms with Gasteiger partial charge in [0.1, 0.15) is 5.82 Å². The van der Waals surface area contributed by atoms with Gasteiger partial charge in [-0.25, -0.2) is 4.98 Å². The lowest BCUT2D eigenvalue weighted by Gasteiger charge is -2.28. The van der Waals surface area contributed by atoms with Gasteiger partial charge in [0.2, 0.25) is 5.91 Å². The Balaban J connectivity index is 2.03. The number of rotatable bonds is 2. The smallest absolute Gasteiger partial charge is 0.222 e. The van der Waals surface area contributed by atoms with E-state index >= 15 is 0 Å². The highest BCUT2D eigenvalue weighted by Crippen LogP contribution is 2.16. The summed E-state index contributed by atoms with van der Waals surface area (Å²) in [5.41, 5.74) is 1.07. The van der Waals surface area contributed by atoms with Gasteiger partial charge in [0.25, 0.3) is 0 Å². The van der Waals surface area contributed by atoms with Gasteiger partial charge in [-0.1, -0.05) is 0 Å².